The number of amides is 2. The molecular formula is C12H15ClN4O3. The lowest BCUT2D eigenvalue weighted by molar-refractivity contribution is 0.111. The second kappa shape index (κ2) is 5.66. The van der Waals surface area contributed by atoms with E-state index in [1.807, 2.05) is 0 Å². The van der Waals surface area contributed by atoms with E-state index in [2.05, 4.69) is 20.8 Å². The van der Waals surface area contributed by atoms with Crippen molar-refractivity contribution < 1.29 is 15.0 Å². The predicted octanol–water partition coefficient (Wildman–Crippen LogP) is 1.08. The maximum atomic E-state index is 11.9. The molecule has 2 aromatic rings. The molecule has 0 saturated heterocycles. The first-order valence-corrected chi connectivity index (χ1v) is 6.29. The number of fused-ring (bicyclic) bond motifs is 1. The Kier molecular flexibility index (Phi) is 4.12. The van der Waals surface area contributed by atoms with Gasteiger partial charge >= 0.3 is 6.03 Å². The third-order valence-electron chi connectivity index (χ3n) is 2.92. The van der Waals surface area contributed by atoms with E-state index in [1.54, 1.807) is 18.3 Å². The standard InChI is InChI=1S/C12H15ClN4O3/c1-12(5-18,6-19)16-11(20)15-9-3-2-8(13)7-4-14-17-10(7)9/h2-4,18-19H,5-6H2,1H3,(H,14,17)(H2,15,16,20). The van der Waals surface area contributed by atoms with Crippen molar-refractivity contribution in [1.29, 1.82) is 0 Å². The Balaban J connectivity index is 2.18. The minimum atomic E-state index is -1.09. The number of aliphatic hydroxyl groups excluding tert-OH is 2. The van der Waals surface area contributed by atoms with Crippen molar-refractivity contribution in [3.8, 4) is 0 Å². The van der Waals surface area contributed by atoms with Crippen molar-refractivity contribution in [2.75, 3.05) is 18.5 Å². The summed E-state index contributed by atoms with van der Waals surface area (Å²) in [7, 11) is 0. The van der Waals surface area contributed by atoms with Gasteiger partial charge in [-0.15, -0.1) is 0 Å². The summed E-state index contributed by atoms with van der Waals surface area (Å²) in [5.41, 5.74) is 0.00356. The summed E-state index contributed by atoms with van der Waals surface area (Å²) in [4.78, 5) is 11.9. The zero-order valence-corrected chi connectivity index (χ0v) is 11.5. The average molecular weight is 299 g/mol. The molecule has 20 heavy (non-hydrogen) atoms. The van der Waals surface area contributed by atoms with Gasteiger partial charge in [-0.05, 0) is 19.1 Å². The van der Waals surface area contributed by atoms with Gasteiger partial charge in [0, 0.05) is 5.39 Å². The summed E-state index contributed by atoms with van der Waals surface area (Å²) in [5, 5.41) is 31.2. The van der Waals surface area contributed by atoms with E-state index in [0.29, 0.717) is 21.6 Å². The van der Waals surface area contributed by atoms with Crippen LogP contribution in [0.25, 0.3) is 10.9 Å². The van der Waals surface area contributed by atoms with E-state index in [1.165, 1.54) is 6.92 Å². The summed E-state index contributed by atoms with van der Waals surface area (Å²) >= 11 is 6.00. The van der Waals surface area contributed by atoms with Gasteiger partial charge < -0.3 is 20.8 Å². The number of hydrogen-bond acceptors (Lipinski definition) is 4. The highest BCUT2D eigenvalue weighted by molar-refractivity contribution is 6.35. The number of halogens is 1. The van der Waals surface area contributed by atoms with Crippen molar-refractivity contribution >= 4 is 34.2 Å². The van der Waals surface area contributed by atoms with Gasteiger partial charge in [-0.1, -0.05) is 11.6 Å². The number of aliphatic hydroxyl groups is 2. The Bertz CT molecular complexity index is 624. The molecule has 5 N–H and O–H groups in total. The van der Waals surface area contributed by atoms with Gasteiger partial charge in [0.2, 0.25) is 0 Å². The second-order valence-corrected chi connectivity index (χ2v) is 5.12. The molecule has 0 aliphatic heterocycles. The zero-order valence-electron chi connectivity index (χ0n) is 10.8. The van der Waals surface area contributed by atoms with Gasteiger partial charge in [0.05, 0.1) is 41.2 Å². The summed E-state index contributed by atoms with van der Waals surface area (Å²) < 4.78 is 0. The molecule has 108 valence electrons. The van der Waals surface area contributed by atoms with Gasteiger partial charge in [-0.3, -0.25) is 5.10 Å². The molecule has 0 spiro atoms. The lowest BCUT2D eigenvalue weighted by Crippen LogP contribution is -2.53. The van der Waals surface area contributed by atoms with Gasteiger partial charge in [0.1, 0.15) is 0 Å². The summed E-state index contributed by atoms with van der Waals surface area (Å²) in [5.74, 6) is 0. The molecule has 0 unspecified atom stereocenters. The molecule has 0 saturated carbocycles. The number of benzene rings is 1. The summed E-state index contributed by atoms with van der Waals surface area (Å²) in [6.45, 7) is 0.772. The van der Waals surface area contributed by atoms with E-state index >= 15 is 0 Å². The largest absolute Gasteiger partial charge is 0.394 e. The molecule has 2 rings (SSSR count). The number of nitrogens with zero attached hydrogens (tertiary/aromatic N) is 1. The van der Waals surface area contributed by atoms with Crippen molar-refractivity contribution in [1.82, 2.24) is 15.5 Å². The number of aromatic nitrogens is 2. The molecule has 2 amide bonds. The Labute approximate surface area is 119 Å². The van der Waals surface area contributed by atoms with E-state index in [9.17, 15) is 4.79 Å². The molecule has 0 radical (unpaired) electrons. The monoisotopic (exact) mass is 298 g/mol. The van der Waals surface area contributed by atoms with Crippen LogP contribution in [0.1, 0.15) is 6.92 Å². The molecular weight excluding hydrogens is 284 g/mol. The topological polar surface area (TPSA) is 110 Å². The molecule has 0 bridgehead atoms. The lowest BCUT2D eigenvalue weighted by atomic mass is 10.1. The van der Waals surface area contributed by atoms with Crippen LogP contribution in [0, 0.1) is 0 Å². The normalized spacial score (nSPS) is 11.6. The van der Waals surface area contributed by atoms with E-state index in [0.717, 1.165) is 0 Å². The summed E-state index contributed by atoms with van der Waals surface area (Å²) in [6, 6.07) is 2.73. The highest BCUT2D eigenvalue weighted by atomic mass is 35.5. The van der Waals surface area contributed by atoms with Crippen LogP contribution >= 0.6 is 11.6 Å². The van der Waals surface area contributed by atoms with Crippen molar-refractivity contribution in [2.24, 2.45) is 0 Å². The average Bonchev–Trinajstić information content (AvgIpc) is 2.92. The quantitative estimate of drug-likeness (QED) is 0.581. The van der Waals surface area contributed by atoms with Gasteiger partial charge in [-0.2, -0.15) is 5.10 Å². The lowest BCUT2D eigenvalue weighted by Gasteiger charge is -2.26. The number of carbonyl (C=O) groups excluding carboxylic acids is 1. The number of aromatic amines is 1. The number of urea groups is 1. The minimum absolute atomic E-state index is 0.378. The van der Waals surface area contributed by atoms with E-state index in [-0.39, 0.29) is 13.2 Å². The maximum absolute atomic E-state index is 11.9. The Morgan fingerprint density at radius 3 is 2.80 bits per heavy atom. The van der Waals surface area contributed by atoms with Crippen molar-refractivity contribution in [2.45, 2.75) is 12.5 Å². The molecule has 8 heteroatoms. The SMILES string of the molecule is CC(CO)(CO)NC(=O)Nc1ccc(Cl)c2cn[nH]c12. The molecule has 1 aromatic carbocycles. The maximum Gasteiger partial charge on any atom is 0.319 e. The third kappa shape index (κ3) is 2.84. The van der Waals surface area contributed by atoms with Crippen LogP contribution in [0.15, 0.2) is 18.3 Å². The summed E-state index contributed by atoms with van der Waals surface area (Å²) in [6.07, 6.45) is 1.56. The second-order valence-electron chi connectivity index (χ2n) is 4.71. The van der Waals surface area contributed by atoms with Crippen LogP contribution in [-0.2, 0) is 0 Å². The van der Waals surface area contributed by atoms with Crippen molar-refractivity contribution in [3.05, 3.63) is 23.4 Å². The Morgan fingerprint density at radius 2 is 2.15 bits per heavy atom. The fourth-order valence-corrected chi connectivity index (χ4v) is 1.87. The molecule has 7 nitrogen and oxygen atoms in total. The number of carbonyl (C=O) groups is 1. The Hall–Kier alpha value is -1.83. The van der Waals surface area contributed by atoms with Gasteiger partial charge in [0.25, 0.3) is 0 Å². The highest BCUT2D eigenvalue weighted by Gasteiger charge is 2.24. The van der Waals surface area contributed by atoms with E-state index < -0.39 is 11.6 Å². The van der Waals surface area contributed by atoms with Gasteiger partial charge in [0.15, 0.2) is 0 Å². The van der Waals surface area contributed by atoms with Gasteiger partial charge in [-0.25, -0.2) is 4.79 Å². The number of H-pyrrole nitrogens is 1. The van der Waals surface area contributed by atoms with Crippen LogP contribution in [0.4, 0.5) is 10.5 Å². The molecule has 1 aromatic heterocycles. The molecule has 0 aliphatic rings. The van der Waals surface area contributed by atoms with E-state index in [4.69, 9.17) is 21.8 Å². The number of rotatable bonds is 4. The number of anilines is 1. The van der Waals surface area contributed by atoms with Crippen LogP contribution in [0.2, 0.25) is 5.02 Å². The first-order valence-electron chi connectivity index (χ1n) is 5.91. The fourth-order valence-electron chi connectivity index (χ4n) is 1.66. The Morgan fingerprint density at radius 1 is 1.45 bits per heavy atom. The smallest absolute Gasteiger partial charge is 0.319 e. The molecule has 0 atom stereocenters. The highest BCUT2D eigenvalue weighted by Crippen LogP contribution is 2.27. The van der Waals surface area contributed by atoms with Crippen LogP contribution in [0.5, 0.6) is 0 Å². The van der Waals surface area contributed by atoms with Crippen LogP contribution in [-0.4, -0.2) is 45.2 Å². The molecule has 0 fully saturated rings. The third-order valence-corrected chi connectivity index (χ3v) is 3.25. The molecule has 1 heterocycles. The van der Waals surface area contributed by atoms with Crippen molar-refractivity contribution in [3.63, 3.8) is 0 Å². The minimum Gasteiger partial charge on any atom is -0.394 e. The van der Waals surface area contributed by atoms with Crippen LogP contribution in [0.3, 0.4) is 0 Å². The zero-order chi connectivity index (χ0) is 14.8. The first-order chi connectivity index (χ1) is 9.49. The number of nitrogens with one attached hydrogen (secondary N) is 3. The predicted molar refractivity (Wildman–Crippen MR) is 75.8 cm³/mol. The van der Waals surface area contributed by atoms with Crippen LogP contribution < -0.4 is 10.6 Å². The first kappa shape index (κ1) is 14.6. The fraction of sp³-hybridized carbons (Fsp3) is 0.333. The molecule has 0 aliphatic carbocycles. The number of hydrogen-bond donors (Lipinski definition) is 5.